The van der Waals surface area contributed by atoms with Crippen LogP contribution in [0.3, 0.4) is 0 Å². The molecule has 2 aliphatic rings. The van der Waals surface area contributed by atoms with E-state index in [2.05, 4.69) is 4.90 Å². The second kappa shape index (κ2) is 13.3. The number of rotatable bonds is 5. The lowest BCUT2D eigenvalue weighted by molar-refractivity contribution is -0.143. The van der Waals surface area contributed by atoms with Crippen LogP contribution in [0, 0.1) is 18.7 Å². The fraction of sp³-hybridized carbons (Fsp3) is 0.517. The van der Waals surface area contributed by atoms with Gasteiger partial charge in [-0.25, -0.2) is 9.18 Å². The van der Waals surface area contributed by atoms with Gasteiger partial charge in [0.25, 0.3) is 0 Å². The molecular formula is C29H34ClF7N4O2. The van der Waals surface area contributed by atoms with Crippen LogP contribution in [0.2, 0.25) is 0 Å². The Morgan fingerprint density at radius 1 is 0.930 bits per heavy atom. The number of hydrogen-bond donors (Lipinski definition) is 1. The molecular weight excluding hydrogens is 605 g/mol. The third-order valence-corrected chi connectivity index (χ3v) is 8.33. The fourth-order valence-electron chi connectivity index (χ4n) is 6.17. The zero-order chi connectivity index (χ0) is 31.0. The van der Waals surface area contributed by atoms with Crippen molar-refractivity contribution in [3.8, 4) is 0 Å². The van der Waals surface area contributed by atoms with Gasteiger partial charge >= 0.3 is 18.4 Å². The number of carbonyl (C=O) groups is 2. The lowest BCUT2D eigenvalue weighted by atomic mass is 9.77. The Morgan fingerprint density at radius 2 is 1.51 bits per heavy atom. The molecule has 14 heteroatoms. The first-order valence-electron chi connectivity index (χ1n) is 13.6. The van der Waals surface area contributed by atoms with Gasteiger partial charge in [0.15, 0.2) is 0 Å². The number of carbonyl (C=O) groups excluding carboxylic acids is 2. The third-order valence-electron chi connectivity index (χ3n) is 8.33. The maximum Gasteiger partial charge on any atom is 0.416 e. The molecule has 43 heavy (non-hydrogen) atoms. The van der Waals surface area contributed by atoms with Crippen LogP contribution in [0.25, 0.3) is 0 Å². The van der Waals surface area contributed by atoms with Crippen LogP contribution in [0.1, 0.15) is 53.0 Å². The highest BCUT2D eigenvalue weighted by molar-refractivity contribution is 5.85. The van der Waals surface area contributed by atoms with Crippen LogP contribution in [0.4, 0.5) is 35.5 Å². The lowest BCUT2D eigenvalue weighted by Crippen LogP contribution is -2.53. The standard InChI is InChI=1S/C29H33F7N4O2.ClH/c1-17-11-21(30)3-4-23(17)25-16-40(22-5-8-39(9-6-22)27(37)42)10-7-24(25)26(41)38(2)15-18-12-19(28(31,32)33)14-20(13-18)29(34,35)36;/h3-4,11-14,22,24-25H,5-10,15-16H2,1-2H3,(H2,37,42);1H/t24-,25+;/m1./s1. The summed E-state index contributed by atoms with van der Waals surface area (Å²) in [4.78, 5) is 30.3. The summed E-state index contributed by atoms with van der Waals surface area (Å²) >= 11 is 0. The van der Waals surface area contributed by atoms with Crippen molar-refractivity contribution in [2.24, 2.45) is 11.7 Å². The lowest BCUT2D eigenvalue weighted by Gasteiger charge is -2.45. The van der Waals surface area contributed by atoms with Gasteiger partial charge in [0.1, 0.15) is 5.82 Å². The number of alkyl halides is 6. The van der Waals surface area contributed by atoms with Crippen LogP contribution in [-0.4, -0.2) is 65.9 Å². The topological polar surface area (TPSA) is 69.9 Å². The van der Waals surface area contributed by atoms with E-state index in [0.29, 0.717) is 63.1 Å². The maximum atomic E-state index is 14.0. The van der Waals surface area contributed by atoms with Gasteiger partial charge in [0.05, 0.1) is 11.1 Å². The average molecular weight is 639 g/mol. The number of halogens is 8. The molecule has 2 N–H and O–H groups in total. The van der Waals surface area contributed by atoms with Crippen LogP contribution >= 0.6 is 12.4 Å². The molecule has 0 saturated carbocycles. The second-order valence-electron chi connectivity index (χ2n) is 11.2. The first-order chi connectivity index (χ1) is 19.5. The number of piperidine rings is 2. The number of urea groups is 1. The summed E-state index contributed by atoms with van der Waals surface area (Å²) in [5.74, 6) is -1.88. The summed E-state index contributed by atoms with van der Waals surface area (Å²) in [6.07, 6.45) is -8.23. The van der Waals surface area contributed by atoms with Crippen LogP contribution in [0.5, 0.6) is 0 Å². The number of likely N-dealkylation sites (tertiary alicyclic amines) is 2. The Morgan fingerprint density at radius 3 is 2.02 bits per heavy atom. The van der Waals surface area contributed by atoms with E-state index in [1.807, 2.05) is 0 Å². The molecule has 0 aliphatic carbocycles. The third kappa shape index (κ3) is 8.11. The minimum atomic E-state index is -5.00. The maximum absolute atomic E-state index is 14.0. The molecule has 2 saturated heterocycles. The summed E-state index contributed by atoms with van der Waals surface area (Å²) in [7, 11) is 1.36. The van der Waals surface area contributed by atoms with Crippen molar-refractivity contribution in [3.05, 3.63) is 70.0 Å². The highest BCUT2D eigenvalue weighted by Gasteiger charge is 2.41. The normalized spacial score (nSPS) is 20.4. The van der Waals surface area contributed by atoms with E-state index >= 15 is 0 Å². The van der Waals surface area contributed by atoms with Gasteiger partial charge in [-0.2, -0.15) is 26.3 Å². The van der Waals surface area contributed by atoms with Gasteiger partial charge in [0, 0.05) is 51.1 Å². The Bertz CT molecular complexity index is 1280. The Hall–Kier alpha value is -3.06. The summed E-state index contributed by atoms with van der Waals surface area (Å²) in [5.41, 5.74) is 3.62. The van der Waals surface area contributed by atoms with E-state index in [0.717, 1.165) is 10.5 Å². The molecule has 0 unspecified atom stereocenters. The van der Waals surface area contributed by atoms with E-state index in [9.17, 15) is 40.3 Å². The molecule has 2 heterocycles. The van der Waals surface area contributed by atoms with Crippen LogP contribution in [0.15, 0.2) is 36.4 Å². The van der Waals surface area contributed by atoms with E-state index in [1.165, 1.54) is 19.2 Å². The number of amides is 3. The number of primary amides is 1. The molecule has 238 valence electrons. The molecule has 2 atom stereocenters. The first-order valence-corrected chi connectivity index (χ1v) is 13.6. The minimum absolute atomic E-state index is 0. The van der Waals surface area contributed by atoms with Crippen molar-refractivity contribution >= 4 is 24.3 Å². The van der Waals surface area contributed by atoms with Gasteiger partial charge in [-0.1, -0.05) is 6.07 Å². The van der Waals surface area contributed by atoms with E-state index < -0.39 is 59.6 Å². The zero-order valence-corrected chi connectivity index (χ0v) is 24.5. The predicted molar refractivity (Wildman–Crippen MR) is 148 cm³/mol. The van der Waals surface area contributed by atoms with Crippen molar-refractivity contribution in [2.75, 3.05) is 33.2 Å². The molecule has 2 aromatic carbocycles. The molecule has 2 aromatic rings. The Balaban J connectivity index is 0.00000506. The van der Waals surface area contributed by atoms with Gasteiger partial charge in [-0.15, -0.1) is 12.4 Å². The van der Waals surface area contributed by atoms with Crippen molar-refractivity contribution in [3.63, 3.8) is 0 Å². The fourth-order valence-corrected chi connectivity index (χ4v) is 6.17. The zero-order valence-electron chi connectivity index (χ0n) is 23.6. The number of nitrogens with two attached hydrogens (primary N) is 1. The Kier molecular flexibility index (Phi) is 10.6. The second-order valence-corrected chi connectivity index (χ2v) is 11.2. The van der Waals surface area contributed by atoms with Crippen LogP contribution in [-0.2, 0) is 23.7 Å². The van der Waals surface area contributed by atoms with Crippen LogP contribution < -0.4 is 5.73 Å². The van der Waals surface area contributed by atoms with E-state index in [4.69, 9.17) is 5.73 Å². The number of nitrogens with zero attached hydrogens (tertiary/aromatic N) is 3. The molecule has 2 aliphatic heterocycles. The number of benzene rings is 2. The van der Waals surface area contributed by atoms with Gasteiger partial charge in [-0.3, -0.25) is 9.69 Å². The molecule has 4 rings (SSSR count). The Labute approximate surface area is 251 Å². The highest BCUT2D eigenvalue weighted by atomic mass is 35.5. The average Bonchev–Trinajstić information content (AvgIpc) is 2.91. The SMILES string of the molecule is Cc1cc(F)ccc1[C@@H]1CN(C2CCN(C(N)=O)CC2)CC[C@H]1C(=O)N(C)Cc1cc(C(F)(F)F)cc(C(F)(F)F)c1.Cl. The molecule has 0 radical (unpaired) electrons. The van der Waals surface area contributed by atoms with E-state index in [1.54, 1.807) is 17.9 Å². The smallest absolute Gasteiger partial charge is 0.351 e. The predicted octanol–water partition coefficient (Wildman–Crippen LogP) is 6.20. The minimum Gasteiger partial charge on any atom is -0.351 e. The molecule has 3 amide bonds. The molecule has 6 nitrogen and oxygen atoms in total. The largest absolute Gasteiger partial charge is 0.416 e. The van der Waals surface area contributed by atoms with Gasteiger partial charge in [0.2, 0.25) is 5.91 Å². The summed E-state index contributed by atoms with van der Waals surface area (Å²) < 4.78 is 94.2. The van der Waals surface area contributed by atoms with Gasteiger partial charge in [-0.05, 0) is 79.8 Å². The van der Waals surface area contributed by atoms with Crippen molar-refractivity contribution in [1.82, 2.24) is 14.7 Å². The molecule has 0 aromatic heterocycles. The van der Waals surface area contributed by atoms with Crippen molar-refractivity contribution in [2.45, 2.75) is 57.0 Å². The van der Waals surface area contributed by atoms with Crippen molar-refractivity contribution in [1.29, 1.82) is 0 Å². The molecule has 0 bridgehead atoms. The summed E-state index contributed by atoms with van der Waals surface area (Å²) in [6.45, 7) is 3.25. The van der Waals surface area contributed by atoms with Crippen molar-refractivity contribution < 1.29 is 40.3 Å². The molecule has 0 spiro atoms. The number of hydrogen-bond acceptors (Lipinski definition) is 3. The quantitative estimate of drug-likeness (QED) is 0.397. The first kappa shape index (κ1) is 34.4. The molecule has 2 fully saturated rings. The monoisotopic (exact) mass is 638 g/mol. The summed E-state index contributed by atoms with van der Waals surface area (Å²) in [6, 6.07) is 5.25. The van der Waals surface area contributed by atoms with Gasteiger partial charge < -0.3 is 15.5 Å². The number of aryl methyl sites for hydroxylation is 1. The van der Waals surface area contributed by atoms with E-state index in [-0.39, 0.29) is 30.1 Å². The summed E-state index contributed by atoms with van der Waals surface area (Å²) in [5, 5.41) is 0. The highest BCUT2D eigenvalue weighted by Crippen LogP contribution is 2.39.